The number of hydrogen-bond donors (Lipinski definition) is 4. The maximum absolute atomic E-state index is 7.71. The SMILES string of the molecule is CCNC1=C(C=N)CC(NC2=NN3C=CC=C(c4cncc(Cl)c4)C3N2)CC1. The largest absolute Gasteiger partial charge is 0.388 e. The number of hydrogen-bond acceptors (Lipinski definition) is 7. The summed E-state index contributed by atoms with van der Waals surface area (Å²) in [4.78, 5) is 4.20. The average molecular weight is 398 g/mol. The zero-order chi connectivity index (χ0) is 19.5. The molecule has 2 unspecified atom stereocenters. The van der Waals surface area contributed by atoms with Gasteiger partial charge in [-0.3, -0.25) is 4.98 Å². The second kappa shape index (κ2) is 8.06. The molecule has 3 aliphatic rings. The average Bonchev–Trinajstić information content (AvgIpc) is 3.11. The molecule has 28 heavy (non-hydrogen) atoms. The monoisotopic (exact) mass is 397 g/mol. The van der Waals surface area contributed by atoms with E-state index >= 15 is 0 Å². The molecule has 0 saturated carbocycles. The van der Waals surface area contributed by atoms with Gasteiger partial charge in [0.05, 0.1) is 5.02 Å². The molecule has 2 atom stereocenters. The van der Waals surface area contributed by atoms with Gasteiger partial charge in [-0.05, 0) is 43.9 Å². The highest BCUT2D eigenvalue weighted by atomic mass is 35.5. The van der Waals surface area contributed by atoms with Crippen LogP contribution in [0, 0.1) is 5.41 Å². The van der Waals surface area contributed by atoms with Crippen LogP contribution in [0.2, 0.25) is 5.02 Å². The summed E-state index contributed by atoms with van der Waals surface area (Å²) in [6.45, 7) is 2.97. The second-order valence-electron chi connectivity index (χ2n) is 6.99. The van der Waals surface area contributed by atoms with Crippen molar-refractivity contribution in [2.45, 2.75) is 38.4 Å². The van der Waals surface area contributed by atoms with Crippen LogP contribution in [0.5, 0.6) is 0 Å². The third kappa shape index (κ3) is 3.75. The van der Waals surface area contributed by atoms with Crippen molar-refractivity contribution in [3.05, 3.63) is 58.7 Å². The summed E-state index contributed by atoms with van der Waals surface area (Å²) >= 11 is 6.12. The summed E-state index contributed by atoms with van der Waals surface area (Å²) in [6, 6.07) is 2.16. The number of hydrazone groups is 1. The lowest BCUT2D eigenvalue weighted by atomic mass is 9.92. The first kappa shape index (κ1) is 18.6. The van der Waals surface area contributed by atoms with Gasteiger partial charge in [0.15, 0.2) is 0 Å². The molecule has 0 amide bonds. The van der Waals surface area contributed by atoms with E-state index in [4.69, 9.17) is 17.0 Å². The highest BCUT2D eigenvalue weighted by Gasteiger charge is 2.31. The third-order valence-electron chi connectivity index (χ3n) is 5.10. The van der Waals surface area contributed by atoms with Crippen LogP contribution in [0.3, 0.4) is 0 Å². The molecule has 4 N–H and O–H groups in total. The van der Waals surface area contributed by atoms with Crippen molar-refractivity contribution in [3.8, 4) is 0 Å². The Morgan fingerprint density at radius 3 is 3.11 bits per heavy atom. The van der Waals surface area contributed by atoms with Crippen LogP contribution in [0.1, 0.15) is 31.7 Å². The summed E-state index contributed by atoms with van der Waals surface area (Å²) in [5.74, 6) is 0.749. The minimum absolute atomic E-state index is 0.0913. The molecule has 0 fully saturated rings. The Labute approximate surface area is 169 Å². The van der Waals surface area contributed by atoms with E-state index in [1.807, 2.05) is 29.5 Å². The van der Waals surface area contributed by atoms with E-state index < -0.39 is 0 Å². The smallest absolute Gasteiger partial charge is 0.216 e. The van der Waals surface area contributed by atoms with Gasteiger partial charge in [0.25, 0.3) is 0 Å². The maximum atomic E-state index is 7.71. The minimum atomic E-state index is -0.0913. The van der Waals surface area contributed by atoms with E-state index in [0.29, 0.717) is 5.02 Å². The minimum Gasteiger partial charge on any atom is -0.388 e. The van der Waals surface area contributed by atoms with E-state index in [-0.39, 0.29) is 12.2 Å². The fourth-order valence-electron chi connectivity index (χ4n) is 3.81. The molecule has 0 spiro atoms. The lowest BCUT2D eigenvalue weighted by molar-refractivity contribution is 0.359. The highest BCUT2D eigenvalue weighted by Crippen LogP contribution is 2.29. The molecule has 1 aromatic rings. The number of nitrogens with one attached hydrogen (secondary N) is 4. The molecule has 0 radical (unpaired) electrons. The molecule has 3 heterocycles. The van der Waals surface area contributed by atoms with E-state index in [1.165, 1.54) is 11.9 Å². The number of fused-ring (bicyclic) bond motifs is 1. The second-order valence-corrected chi connectivity index (χ2v) is 7.43. The molecule has 0 aromatic carbocycles. The van der Waals surface area contributed by atoms with Crippen molar-refractivity contribution < 1.29 is 0 Å². The van der Waals surface area contributed by atoms with Gasteiger partial charge >= 0.3 is 0 Å². The van der Waals surface area contributed by atoms with Gasteiger partial charge in [0, 0.05) is 54.2 Å². The van der Waals surface area contributed by atoms with E-state index in [9.17, 15) is 0 Å². The number of halogens is 1. The van der Waals surface area contributed by atoms with Crippen molar-refractivity contribution in [2.24, 2.45) is 5.10 Å². The van der Waals surface area contributed by atoms with Gasteiger partial charge in [-0.1, -0.05) is 17.7 Å². The molecular formula is C20H24ClN7. The number of guanidine groups is 1. The Kier molecular flexibility index (Phi) is 5.34. The summed E-state index contributed by atoms with van der Waals surface area (Å²) in [6.07, 6.45) is 13.5. The molecule has 0 bridgehead atoms. The summed E-state index contributed by atoms with van der Waals surface area (Å²) in [5, 5.41) is 25.3. The first-order chi connectivity index (χ1) is 13.7. The van der Waals surface area contributed by atoms with Crippen LogP contribution in [0.4, 0.5) is 0 Å². The van der Waals surface area contributed by atoms with Crippen molar-refractivity contribution in [3.63, 3.8) is 0 Å². The molecular weight excluding hydrogens is 374 g/mol. The molecule has 1 aromatic heterocycles. The van der Waals surface area contributed by atoms with Crippen LogP contribution in [0.15, 0.2) is 53.2 Å². The van der Waals surface area contributed by atoms with Gasteiger partial charge in [-0.2, -0.15) is 0 Å². The fourth-order valence-corrected chi connectivity index (χ4v) is 3.98. The predicted molar refractivity (Wildman–Crippen MR) is 113 cm³/mol. The van der Waals surface area contributed by atoms with Gasteiger partial charge < -0.3 is 21.4 Å². The van der Waals surface area contributed by atoms with Crippen LogP contribution < -0.4 is 16.0 Å². The molecule has 1 aliphatic carbocycles. The lowest BCUT2D eigenvalue weighted by Gasteiger charge is -2.28. The van der Waals surface area contributed by atoms with Gasteiger partial charge in [-0.25, -0.2) is 5.01 Å². The van der Waals surface area contributed by atoms with Crippen molar-refractivity contribution in [2.75, 3.05) is 6.54 Å². The Bertz CT molecular complexity index is 886. The first-order valence-corrected chi connectivity index (χ1v) is 9.91. The number of allylic oxidation sites excluding steroid dienone is 3. The zero-order valence-electron chi connectivity index (χ0n) is 15.7. The summed E-state index contributed by atoms with van der Waals surface area (Å²) in [5.41, 5.74) is 4.29. The molecule has 146 valence electrons. The van der Waals surface area contributed by atoms with E-state index in [1.54, 1.807) is 6.20 Å². The Morgan fingerprint density at radius 2 is 2.32 bits per heavy atom. The molecule has 2 aliphatic heterocycles. The summed E-state index contributed by atoms with van der Waals surface area (Å²) in [7, 11) is 0. The quantitative estimate of drug-likeness (QED) is 0.574. The third-order valence-corrected chi connectivity index (χ3v) is 5.31. The topological polar surface area (TPSA) is 88.4 Å². The number of pyridine rings is 1. The normalized spacial score (nSPS) is 23.6. The molecule has 4 rings (SSSR count). The predicted octanol–water partition coefficient (Wildman–Crippen LogP) is 2.80. The zero-order valence-corrected chi connectivity index (χ0v) is 16.5. The summed E-state index contributed by atoms with van der Waals surface area (Å²) < 4.78 is 0. The van der Waals surface area contributed by atoms with Gasteiger partial charge in [0.2, 0.25) is 5.96 Å². The van der Waals surface area contributed by atoms with Gasteiger partial charge in [-0.15, -0.1) is 5.10 Å². The molecule has 7 nitrogen and oxygen atoms in total. The van der Waals surface area contributed by atoms with Crippen LogP contribution in [0.25, 0.3) is 5.57 Å². The number of aromatic nitrogens is 1. The molecule has 0 saturated heterocycles. The number of nitrogens with zero attached hydrogens (tertiary/aromatic N) is 3. The van der Waals surface area contributed by atoms with Crippen molar-refractivity contribution in [1.29, 1.82) is 5.41 Å². The van der Waals surface area contributed by atoms with Crippen molar-refractivity contribution >= 4 is 29.3 Å². The molecule has 8 heteroatoms. The Hall–Kier alpha value is -2.80. The van der Waals surface area contributed by atoms with E-state index in [0.717, 1.165) is 48.5 Å². The lowest BCUT2D eigenvalue weighted by Crippen LogP contribution is -2.46. The van der Waals surface area contributed by atoms with Crippen LogP contribution >= 0.6 is 11.6 Å². The van der Waals surface area contributed by atoms with Crippen LogP contribution in [-0.4, -0.2) is 40.9 Å². The highest BCUT2D eigenvalue weighted by molar-refractivity contribution is 6.30. The maximum Gasteiger partial charge on any atom is 0.216 e. The van der Waals surface area contributed by atoms with Crippen molar-refractivity contribution in [1.82, 2.24) is 25.9 Å². The van der Waals surface area contributed by atoms with Gasteiger partial charge in [0.1, 0.15) is 6.17 Å². The number of rotatable bonds is 5. The fraction of sp³-hybridized carbons (Fsp3) is 0.350. The standard InChI is InChI=1S/C20H24ClN7/c1-2-24-18-6-5-16(9-13(18)10-22)25-20-26-19-17(4-3-7-28(19)27-20)14-8-15(21)12-23-11-14/h3-4,7-8,10-12,16,19,22,24H,2,5-6,9H2,1H3,(H2,25,26,27). The Balaban J connectivity index is 1.45. The Morgan fingerprint density at radius 1 is 1.43 bits per heavy atom. The van der Waals surface area contributed by atoms with Crippen LogP contribution in [-0.2, 0) is 0 Å². The first-order valence-electron chi connectivity index (χ1n) is 9.53. The van der Waals surface area contributed by atoms with E-state index in [2.05, 4.69) is 39.0 Å².